The Hall–Kier alpha value is -1.74. The van der Waals surface area contributed by atoms with Crippen LogP contribution in [0.15, 0.2) is 59.2 Å². The fourth-order valence-corrected chi connectivity index (χ4v) is 2.20. The van der Waals surface area contributed by atoms with Gasteiger partial charge in [0.1, 0.15) is 0 Å². The number of fused-ring (bicyclic) bond motifs is 1. The van der Waals surface area contributed by atoms with Crippen LogP contribution >= 0.6 is 15.9 Å². The van der Waals surface area contributed by atoms with Crippen LogP contribution in [0.25, 0.3) is 22.3 Å². The molecule has 0 N–H and O–H groups in total. The third-order valence-corrected chi connectivity index (χ3v) is 3.30. The van der Waals surface area contributed by atoms with E-state index in [1.807, 2.05) is 54.7 Å². The van der Waals surface area contributed by atoms with Crippen LogP contribution < -0.4 is 0 Å². The van der Waals surface area contributed by atoms with Crippen LogP contribution in [0.5, 0.6) is 0 Å². The molecule has 0 atom stereocenters. The van der Waals surface area contributed by atoms with Gasteiger partial charge in [-0.2, -0.15) is 0 Å². The molecule has 0 amide bonds. The second-order valence-electron chi connectivity index (χ2n) is 3.73. The Morgan fingerprint density at radius 2 is 1.71 bits per heavy atom. The molecule has 82 valence electrons. The minimum Gasteiger partial charge on any atom is -0.236 e. The molecule has 1 aromatic heterocycles. The second kappa shape index (κ2) is 4.26. The average Bonchev–Trinajstić information content (AvgIpc) is 2.40. The van der Waals surface area contributed by atoms with E-state index in [4.69, 9.17) is 0 Å². The zero-order valence-electron chi connectivity index (χ0n) is 8.97. The van der Waals surface area contributed by atoms with E-state index in [0.717, 1.165) is 26.8 Å². The molecule has 0 saturated carbocycles. The first-order valence-corrected chi connectivity index (χ1v) is 6.10. The lowest BCUT2D eigenvalue weighted by Gasteiger charge is -2.03. The van der Waals surface area contributed by atoms with E-state index in [-0.39, 0.29) is 0 Å². The fourth-order valence-electron chi connectivity index (χ4n) is 1.75. The van der Waals surface area contributed by atoms with Gasteiger partial charge in [-0.25, -0.2) is 9.97 Å². The first-order valence-electron chi connectivity index (χ1n) is 5.31. The summed E-state index contributed by atoms with van der Waals surface area (Å²) in [6.45, 7) is 0. The van der Waals surface area contributed by atoms with Crippen LogP contribution in [0.2, 0.25) is 0 Å². The largest absolute Gasteiger partial charge is 0.236 e. The van der Waals surface area contributed by atoms with Gasteiger partial charge in [0.2, 0.25) is 0 Å². The normalized spacial score (nSPS) is 10.6. The first-order chi connectivity index (χ1) is 8.34. The molecular formula is C14H9BrN2. The van der Waals surface area contributed by atoms with Crippen LogP contribution in [0.1, 0.15) is 0 Å². The van der Waals surface area contributed by atoms with Crippen molar-refractivity contribution in [1.82, 2.24) is 9.97 Å². The van der Waals surface area contributed by atoms with E-state index in [0.29, 0.717) is 0 Å². The Bertz CT molecular complexity index is 665. The quantitative estimate of drug-likeness (QED) is 0.673. The van der Waals surface area contributed by atoms with Crippen LogP contribution in [0, 0.1) is 0 Å². The summed E-state index contributed by atoms with van der Waals surface area (Å²) in [6.07, 6.45) is 1.86. The molecule has 0 fully saturated rings. The molecule has 0 saturated heterocycles. The molecule has 3 heteroatoms. The molecule has 1 heterocycles. The molecule has 3 aromatic rings. The molecule has 2 nitrogen and oxygen atoms in total. The van der Waals surface area contributed by atoms with E-state index in [1.54, 1.807) is 0 Å². The molecule has 0 aliphatic heterocycles. The number of benzene rings is 2. The van der Waals surface area contributed by atoms with Crippen molar-refractivity contribution < 1.29 is 0 Å². The number of aromatic nitrogens is 2. The molecule has 0 aliphatic rings. The van der Waals surface area contributed by atoms with E-state index >= 15 is 0 Å². The van der Waals surface area contributed by atoms with E-state index in [9.17, 15) is 0 Å². The maximum Gasteiger partial charge on any atom is 0.159 e. The Kier molecular flexibility index (Phi) is 2.61. The lowest BCUT2D eigenvalue weighted by atomic mass is 10.2. The summed E-state index contributed by atoms with van der Waals surface area (Å²) in [6, 6.07) is 16.0. The van der Waals surface area contributed by atoms with Crippen molar-refractivity contribution in [3.63, 3.8) is 0 Å². The third kappa shape index (κ3) is 1.94. The molecule has 3 rings (SSSR count). The second-order valence-corrected chi connectivity index (χ2v) is 4.59. The Morgan fingerprint density at radius 1 is 0.882 bits per heavy atom. The lowest BCUT2D eigenvalue weighted by Crippen LogP contribution is -1.89. The van der Waals surface area contributed by atoms with Crippen LogP contribution in [0.4, 0.5) is 0 Å². The average molecular weight is 285 g/mol. The van der Waals surface area contributed by atoms with Crippen molar-refractivity contribution in [3.05, 3.63) is 59.2 Å². The number of hydrogen-bond donors (Lipinski definition) is 0. The maximum atomic E-state index is 4.57. The number of halogens is 1. The number of nitrogens with zero attached hydrogens (tertiary/aromatic N) is 2. The van der Waals surface area contributed by atoms with Gasteiger partial charge >= 0.3 is 0 Å². The predicted octanol–water partition coefficient (Wildman–Crippen LogP) is 4.06. The van der Waals surface area contributed by atoms with Gasteiger partial charge in [-0.15, -0.1) is 0 Å². The van der Waals surface area contributed by atoms with Crippen molar-refractivity contribution in [3.8, 4) is 11.4 Å². The van der Waals surface area contributed by atoms with Gasteiger partial charge in [-0.1, -0.05) is 52.3 Å². The third-order valence-electron chi connectivity index (χ3n) is 2.60. The summed E-state index contributed by atoms with van der Waals surface area (Å²) in [5.74, 6) is 0.760. The van der Waals surface area contributed by atoms with Crippen LogP contribution in [-0.4, -0.2) is 9.97 Å². The monoisotopic (exact) mass is 284 g/mol. The maximum absolute atomic E-state index is 4.57. The van der Waals surface area contributed by atoms with E-state index in [1.165, 1.54) is 0 Å². The fraction of sp³-hybridized carbons (Fsp3) is 0. The summed E-state index contributed by atoms with van der Waals surface area (Å²) in [5.41, 5.74) is 1.99. The van der Waals surface area contributed by atoms with Gasteiger partial charge in [0.25, 0.3) is 0 Å². The van der Waals surface area contributed by atoms with Crippen molar-refractivity contribution >= 4 is 26.8 Å². The van der Waals surface area contributed by atoms with Gasteiger partial charge in [0.05, 0.1) is 5.52 Å². The molecule has 0 spiro atoms. The van der Waals surface area contributed by atoms with Gasteiger partial charge < -0.3 is 0 Å². The summed E-state index contributed by atoms with van der Waals surface area (Å²) < 4.78 is 1.02. The molecule has 0 radical (unpaired) electrons. The summed E-state index contributed by atoms with van der Waals surface area (Å²) in [4.78, 5) is 8.96. The van der Waals surface area contributed by atoms with E-state index < -0.39 is 0 Å². The van der Waals surface area contributed by atoms with Gasteiger partial charge in [-0.3, -0.25) is 0 Å². The standard InChI is InChI=1S/C14H9BrN2/c15-12-7-4-8-13-11(12)9-16-14(17-13)10-5-2-1-3-6-10/h1-9H. The van der Waals surface area contributed by atoms with Crippen molar-refractivity contribution in [2.75, 3.05) is 0 Å². The predicted molar refractivity (Wildman–Crippen MR) is 72.7 cm³/mol. The highest BCUT2D eigenvalue weighted by molar-refractivity contribution is 9.10. The Balaban J connectivity index is 2.21. The minimum atomic E-state index is 0.760. The highest BCUT2D eigenvalue weighted by Crippen LogP contribution is 2.23. The Labute approximate surface area is 107 Å². The Morgan fingerprint density at radius 3 is 2.53 bits per heavy atom. The summed E-state index contributed by atoms with van der Waals surface area (Å²) in [5, 5.41) is 1.03. The minimum absolute atomic E-state index is 0.760. The number of hydrogen-bond acceptors (Lipinski definition) is 2. The number of rotatable bonds is 1. The highest BCUT2D eigenvalue weighted by Gasteiger charge is 2.04. The smallest absolute Gasteiger partial charge is 0.159 e. The zero-order valence-corrected chi connectivity index (χ0v) is 10.6. The molecule has 0 unspecified atom stereocenters. The summed E-state index contributed by atoms with van der Waals surface area (Å²) >= 11 is 3.50. The van der Waals surface area contributed by atoms with E-state index in [2.05, 4.69) is 25.9 Å². The van der Waals surface area contributed by atoms with Gasteiger partial charge in [0, 0.05) is 21.6 Å². The molecule has 2 aromatic carbocycles. The van der Waals surface area contributed by atoms with Gasteiger partial charge in [-0.05, 0) is 12.1 Å². The molecule has 17 heavy (non-hydrogen) atoms. The topological polar surface area (TPSA) is 25.8 Å². The molecule has 0 aliphatic carbocycles. The van der Waals surface area contributed by atoms with Crippen molar-refractivity contribution in [2.45, 2.75) is 0 Å². The first kappa shape index (κ1) is 10.4. The lowest BCUT2D eigenvalue weighted by molar-refractivity contribution is 1.22. The van der Waals surface area contributed by atoms with Crippen molar-refractivity contribution in [1.29, 1.82) is 0 Å². The van der Waals surface area contributed by atoms with Crippen LogP contribution in [0.3, 0.4) is 0 Å². The highest BCUT2D eigenvalue weighted by atomic mass is 79.9. The summed E-state index contributed by atoms with van der Waals surface area (Å²) in [7, 11) is 0. The zero-order chi connectivity index (χ0) is 11.7. The van der Waals surface area contributed by atoms with Gasteiger partial charge in [0.15, 0.2) is 5.82 Å². The SMILES string of the molecule is Brc1cccc2nc(-c3ccccc3)ncc12. The molecule has 0 bridgehead atoms. The van der Waals surface area contributed by atoms with Crippen molar-refractivity contribution in [2.24, 2.45) is 0 Å². The molecular weight excluding hydrogens is 276 g/mol. The van der Waals surface area contributed by atoms with Crippen LogP contribution in [-0.2, 0) is 0 Å².